The summed E-state index contributed by atoms with van der Waals surface area (Å²) in [6, 6.07) is 1.68. The predicted octanol–water partition coefficient (Wildman–Crippen LogP) is -0.669. The Morgan fingerprint density at radius 1 is 1.56 bits per heavy atom. The van der Waals surface area contributed by atoms with Crippen LogP contribution in [0.15, 0.2) is 11.1 Å². The van der Waals surface area contributed by atoms with Crippen molar-refractivity contribution < 1.29 is 13.2 Å². The second-order valence-corrected chi connectivity index (χ2v) is 6.09. The normalized spacial score (nSPS) is 27.9. The molecule has 0 radical (unpaired) electrons. The third-order valence-corrected chi connectivity index (χ3v) is 4.62. The molecule has 1 aromatic rings. The summed E-state index contributed by atoms with van der Waals surface area (Å²) in [5.74, 6) is 0.171. The maximum atomic E-state index is 11.6. The molecule has 0 aromatic carbocycles. The van der Waals surface area contributed by atoms with E-state index in [9.17, 15) is 8.42 Å². The minimum Gasteiger partial charge on any atom is -0.378 e. The van der Waals surface area contributed by atoms with Crippen LogP contribution in [-0.2, 0) is 21.1 Å². The Morgan fingerprint density at radius 3 is 3.12 bits per heavy atom. The van der Waals surface area contributed by atoms with E-state index < -0.39 is 9.84 Å². The summed E-state index contributed by atoms with van der Waals surface area (Å²) in [6.45, 7) is 2.49. The molecular formula is C9H13N3O3S. The first-order chi connectivity index (χ1) is 7.67. The smallest absolute Gasteiger partial charge is 0.197 e. The van der Waals surface area contributed by atoms with Crippen molar-refractivity contribution in [3.05, 3.63) is 11.8 Å². The Bertz CT molecular complexity index is 502. The van der Waals surface area contributed by atoms with Gasteiger partial charge in [-0.1, -0.05) is 0 Å². The molecule has 0 aliphatic carbocycles. The van der Waals surface area contributed by atoms with E-state index >= 15 is 0 Å². The molecule has 1 N–H and O–H groups in total. The molecule has 1 aromatic heterocycles. The third kappa shape index (κ3) is 1.55. The number of nitrogens with one attached hydrogen (secondary N) is 1. The highest BCUT2D eigenvalue weighted by Gasteiger charge is 2.30. The monoisotopic (exact) mass is 243 g/mol. The lowest BCUT2D eigenvalue weighted by Gasteiger charge is -2.21. The largest absolute Gasteiger partial charge is 0.378 e. The van der Waals surface area contributed by atoms with E-state index in [-0.39, 0.29) is 11.8 Å². The van der Waals surface area contributed by atoms with Crippen LogP contribution in [0, 0.1) is 0 Å². The van der Waals surface area contributed by atoms with Crippen molar-refractivity contribution in [2.45, 2.75) is 17.6 Å². The van der Waals surface area contributed by atoms with Crippen LogP contribution in [0.2, 0.25) is 0 Å². The molecular weight excluding hydrogens is 230 g/mol. The number of rotatable bonds is 1. The molecule has 88 valence electrons. The van der Waals surface area contributed by atoms with Crippen LogP contribution in [0.1, 0.15) is 11.7 Å². The minimum atomic E-state index is -3.09. The number of sulfone groups is 1. The molecule has 1 saturated heterocycles. The van der Waals surface area contributed by atoms with E-state index in [2.05, 4.69) is 10.4 Å². The molecule has 1 atom stereocenters. The van der Waals surface area contributed by atoms with Gasteiger partial charge in [0.1, 0.15) is 0 Å². The number of aryl methyl sites for hydroxylation is 1. The molecule has 0 saturated carbocycles. The number of hydrogen-bond donors (Lipinski definition) is 1. The van der Waals surface area contributed by atoms with Gasteiger partial charge in [0.05, 0.1) is 37.2 Å². The highest BCUT2D eigenvalue weighted by molar-refractivity contribution is 7.91. The van der Waals surface area contributed by atoms with Gasteiger partial charge in [-0.05, 0) is 0 Å². The standard InChI is InChI=1S/C9H13N3O3S/c13-16(14)4-2-12-9(16)5-7(11-12)8-6-15-3-1-10-8/h5,8,10H,1-4,6H2. The second kappa shape index (κ2) is 3.54. The zero-order chi connectivity index (χ0) is 11.2. The SMILES string of the molecule is O=S1(=O)CCn2nc(C3COCCN3)cc21. The van der Waals surface area contributed by atoms with Crippen LogP contribution < -0.4 is 5.32 Å². The average molecular weight is 243 g/mol. The molecule has 1 fully saturated rings. The van der Waals surface area contributed by atoms with Gasteiger partial charge in [-0.15, -0.1) is 0 Å². The lowest BCUT2D eigenvalue weighted by molar-refractivity contribution is 0.0754. The molecule has 2 aliphatic heterocycles. The lowest BCUT2D eigenvalue weighted by Crippen LogP contribution is -2.34. The molecule has 3 rings (SSSR count). The Labute approximate surface area is 93.5 Å². The fourth-order valence-corrected chi connectivity index (χ4v) is 3.44. The molecule has 0 spiro atoms. The van der Waals surface area contributed by atoms with Crippen molar-refractivity contribution in [3.63, 3.8) is 0 Å². The maximum Gasteiger partial charge on any atom is 0.197 e. The van der Waals surface area contributed by atoms with E-state index in [1.54, 1.807) is 10.7 Å². The van der Waals surface area contributed by atoms with Crippen molar-refractivity contribution in [2.24, 2.45) is 0 Å². The van der Waals surface area contributed by atoms with Gasteiger partial charge in [0.2, 0.25) is 0 Å². The maximum absolute atomic E-state index is 11.6. The first-order valence-electron chi connectivity index (χ1n) is 5.28. The number of aromatic nitrogens is 2. The quantitative estimate of drug-likeness (QED) is 0.708. The topological polar surface area (TPSA) is 73.2 Å². The number of nitrogens with zero attached hydrogens (tertiary/aromatic N) is 2. The molecule has 16 heavy (non-hydrogen) atoms. The van der Waals surface area contributed by atoms with Crippen molar-refractivity contribution in [3.8, 4) is 0 Å². The van der Waals surface area contributed by atoms with Crippen molar-refractivity contribution in [2.75, 3.05) is 25.5 Å². The first kappa shape index (κ1) is 10.2. The zero-order valence-electron chi connectivity index (χ0n) is 8.72. The summed E-state index contributed by atoms with van der Waals surface area (Å²) in [6.07, 6.45) is 0. The van der Waals surface area contributed by atoms with E-state index in [0.29, 0.717) is 24.8 Å². The summed E-state index contributed by atoms with van der Waals surface area (Å²) in [7, 11) is -3.09. The van der Waals surface area contributed by atoms with Gasteiger partial charge >= 0.3 is 0 Å². The number of fused-ring (bicyclic) bond motifs is 1. The Kier molecular flexibility index (Phi) is 2.27. The van der Waals surface area contributed by atoms with Gasteiger partial charge in [0.15, 0.2) is 14.9 Å². The summed E-state index contributed by atoms with van der Waals surface area (Å²) < 4.78 is 30.2. The summed E-state index contributed by atoms with van der Waals surface area (Å²) in [5.41, 5.74) is 0.762. The lowest BCUT2D eigenvalue weighted by atomic mass is 10.2. The highest BCUT2D eigenvalue weighted by Crippen LogP contribution is 2.23. The summed E-state index contributed by atoms with van der Waals surface area (Å²) in [4.78, 5) is 0. The minimum absolute atomic E-state index is 0.0158. The number of morpholine rings is 1. The van der Waals surface area contributed by atoms with Crippen LogP contribution in [-0.4, -0.2) is 43.7 Å². The molecule has 2 aliphatic rings. The summed E-state index contributed by atoms with van der Waals surface area (Å²) in [5, 5.41) is 7.90. The van der Waals surface area contributed by atoms with Gasteiger partial charge in [0, 0.05) is 12.6 Å². The molecule has 6 nitrogen and oxygen atoms in total. The van der Waals surface area contributed by atoms with Gasteiger partial charge < -0.3 is 10.1 Å². The fraction of sp³-hybridized carbons (Fsp3) is 0.667. The number of ether oxygens (including phenoxy) is 1. The average Bonchev–Trinajstić information content (AvgIpc) is 2.82. The van der Waals surface area contributed by atoms with Crippen molar-refractivity contribution in [1.29, 1.82) is 0 Å². The van der Waals surface area contributed by atoms with E-state index in [4.69, 9.17) is 4.74 Å². The first-order valence-corrected chi connectivity index (χ1v) is 6.94. The van der Waals surface area contributed by atoms with E-state index in [0.717, 1.165) is 12.2 Å². The van der Waals surface area contributed by atoms with Crippen molar-refractivity contribution >= 4 is 9.84 Å². The van der Waals surface area contributed by atoms with E-state index in [1.165, 1.54) is 0 Å². The Morgan fingerprint density at radius 2 is 2.44 bits per heavy atom. The molecule has 1 unspecified atom stereocenters. The second-order valence-electron chi connectivity index (χ2n) is 4.03. The molecule has 7 heteroatoms. The Hall–Kier alpha value is -0.920. The van der Waals surface area contributed by atoms with Crippen molar-refractivity contribution in [1.82, 2.24) is 15.1 Å². The molecule has 0 amide bonds. The van der Waals surface area contributed by atoms with Gasteiger partial charge in [-0.25, -0.2) is 8.42 Å². The van der Waals surface area contributed by atoms with Gasteiger partial charge in [-0.2, -0.15) is 5.10 Å². The van der Waals surface area contributed by atoms with Crippen LogP contribution in [0.25, 0.3) is 0 Å². The predicted molar refractivity (Wildman–Crippen MR) is 55.8 cm³/mol. The Balaban J connectivity index is 1.94. The third-order valence-electron chi connectivity index (χ3n) is 2.93. The molecule has 3 heterocycles. The van der Waals surface area contributed by atoms with Crippen LogP contribution in [0.4, 0.5) is 0 Å². The van der Waals surface area contributed by atoms with Crippen LogP contribution in [0.5, 0.6) is 0 Å². The summed E-state index contributed by atoms with van der Waals surface area (Å²) >= 11 is 0. The fourth-order valence-electron chi connectivity index (χ4n) is 2.07. The van der Waals surface area contributed by atoms with E-state index in [1.807, 2.05) is 0 Å². The zero-order valence-corrected chi connectivity index (χ0v) is 9.53. The van der Waals surface area contributed by atoms with Gasteiger partial charge in [0.25, 0.3) is 0 Å². The highest BCUT2D eigenvalue weighted by atomic mass is 32.2. The van der Waals surface area contributed by atoms with Crippen LogP contribution >= 0.6 is 0 Å². The molecule has 0 bridgehead atoms. The number of hydrogen-bond acceptors (Lipinski definition) is 5. The van der Waals surface area contributed by atoms with Gasteiger partial charge in [-0.3, -0.25) is 4.68 Å². The van der Waals surface area contributed by atoms with Crippen LogP contribution in [0.3, 0.4) is 0 Å².